The average Bonchev–Trinajstić information content (AvgIpc) is 2.36. The molecule has 2 aliphatic carbocycles. The fourth-order valence-electron chi connectivity index (χ4n) is 3.38. The zero-order valence-corrected chi connectivity index (χ0v) is 12.4. The van der Waals surface area contributed by atoms with Gasteiger partial charge in [-0.3, -0.25) is 4.79 Å². The summed E-state index contributed by atoms with van der Waals surface area (Å²) in [5.74, 6) is -0.195. The van der Waals surface area contributed by atoms with Gasteiger partial charge in [0.2, 0.25) is 0 Å². The summed E-state index contributed by atoms with van der Waals surface area (Å²) in [4.78, 5) is 25.1. The highest BCUT2D eigenvalue weighted by Crippen LogP contribution is 2.36. The highest BCUT2D eigenvalue weighted by molar-refractivity contribution is 5.76. The van der Waals surface area contributed by atoms with E-state index in [-0.39, 0.29) is 12.5 Å². The Balaban J connectivity index is 1.94. The Bertz CT molecular complexity index is 360. The molecule has 5 heteroatoms. The van der Waals surface area contributed by atoms with Gasteiger partial charge in [0.15, 0.2) is 0 Å². The van der Waals surface area contributed by atoms with Gasteiger partial charge in [-0.15, -0.1) is 0 Å². The van der Waals surface area contributed by atoms with E-state index in [2.05, 4.69) is 5.32 Å². The monoisotopic (exact) mass is 282 g/mol. The van der Waals surface area contributed by atoms with Crippen LogP contribution in [0.5, 0.6) is 0 Å². The molecule has 0 atom stereocenters. The van der Waals surface area contributed by atoms with Crippen molar-refractivity contribution in [1.29, 1.82) is 0 Å². The largest absolute Gasteiger partial charge is 0.481 e. The molecule has 0 saturated heterocycles. The number of aliphatic carboxylic acids is 1. The lowest BCUT2D eigenvalue weighted by atomic mass is 9.78. The van der Waals surface area contributed by atoms with E-state index in [1.165, 1.54) is 19.3 Å². The minimum Gasteiger partial charge on any atom is -0.481 e. The Labute approximate surface area is 120 Å². The lowest BCUT2D eigenvalue weighted by Crippen LogP contribution is -2.55. The number of hydrogen-bond acceptors (Lipinski definition) is 2. The standard InChI is InChI=1S/C15H26N2O3/c1-17(14(20)16-11-12-6-5-7-12)15(10-13(18)19)8-3-2-4-9-15/h12H,2-11H2,1H3,(H,16,20)(H,18,19). The first-order valence-corrected chi connectivity index (χ1v) is 7.77. The van der Waals surface area contributed by atoms with Crippen LogP contribution in [-0.2, 0) is 4.79 Å². The molecule has 2 N–H and O–H groups in total. The molecule has 20 heavy (non-hydrogen) atoms. The van der Waals surface area contributed by atoms with Crippen LogP contribution in [0.2, 0.25) is 0 Å². The fraction of sp³-hybridized carbons (Fsp3) is 0.867. The molecule has 114 valence electrons. The Kier molecular flexibility index (Phi) is 4.89. The van der Waals surface area contributed by atoms with Gasteiger partial charge in [-0.25, -0.2) is 4.79 Å². The molecule has 2 amide bonds. The van der Waals surface area contributed by atoms with Gasteiger partial charge in [0.1, 0.15) is 0 Å². The summed E-state index contributed by atoms with van der Waals surface area (Å²) in [5.41, 5.74) is -0.492. The van der Waals surface area contributed by atoms with E-state index >= 15 is 0 Å². The first kappa shape index (κ1) is 15.1. The van der Waals surface area contributed by atoms with Gasteiger partial charge in [0, 0.05) is 13.6 Å². The molecule has 0 aromatic carbocycles. The molecule has 2 rings (SSSR count). The number of urea groups is 1. The summed E-state index contributed by atoms with van der Waals surface area (Å²) in [6.45, 7) is 0.728. The lowest BCUT2D eigenvalue weighted by Gasteiger charge is -2.44. The Morgan fingerprint density at radius 3 is 2.35 bits per heavy atom. The molecule has 0 heterocycles. The quantitative estimate of drug-likeness (QED) is 0.814. The Hall–Kier alpha value is -1.26. The van der Waals surface area contributed by atoms with Gasteiger partial charge < -0.3 is 15.3 Å². The van der Waals surface area contributed by atoms with Crippen LogP contribution in [0.1, 0.15) is 57.8 Å². The van der Waals surface area contributed by atoms with Crippen molar-refractivity contribution < 1.29 is 14.7 Å². The Morgan fingerprint density at radius 2 is 1.85 bits per heavy atom. The van der Waals surface area contributed by atoms with E-state index in [1.807, 2.05) is 0 Å². The predicted octanol–water partition coefficient (Wildman–Crippen LogP) is 2.61. The minimum absolute atomic E-state index is 0.0559. The van der Waals surface area contributed by atoms with Crippen molar-refractivity contribution in [2.45, 2.75) is 63.3 Å². The van der Waals surface area contributed by atoms with Gasteiger partial charge in [-0.2, -0.15) is 0 Å². The SMILES string of the molecule is CN(C(=O)NCC1CCC1)C1(CC(=O)O)CCCCC1. The van der Waals surface area contributed by atoms with Gasteiger partial charge in [0.25, 0.3) is 0 Å². The van der Waals surface area contributed by atoms with Crippen LogP contribution in [0.4, 0.5) is 4.79 Å². The van der Waals surface area contributed by atoms with Crippen molar-refractivity contribution in [1.82, 2.24) is 10.2 Å². The van der Waals surface area contributed by atoms with Crippen LogP contribution >= 0.6 is 0 Å². The van der Waals surface area contributed by atoms with E-state index in [0.717, 1.165) is 38.6 Å². The number of rotatable bonds is 5. The summed E-state index contributed by atoms with van der Waals surface area (Å²) in [6.07, 6.45) is 8.47. The summed E-state index contributed by atoms with van der Waals surface area (Å²) < 4.78 is 0. The van der Waals surface area contributed by atoms with E-state index in [0.29, 0.717) is 5.92 Å². The zero-order valence-electron chi connectivity index (χ0n) is 12.4. The second kappa shape index (κ2) is 6.46. The Morgan fingerprint density at radius 1 is 1.20 bits per heavy atom. The van der Waals surface area contributed by atoms with Crippen LogP contribution < -0.4 is 5.32 Å². The normalized spacial score (nSPS) is 21.9. The topological polar surface area (TPSA) is 69.6 Å². The van der Waals surface area contributed by atoms with Crippen LogP contribution in [0.15, 0.2) is 0 Å². The van der Waals surface area contributed by atoms with Gasteiger partial charge in [0.05, 0.1) is 12.0 Å². The molecule has 5 nitrogen and oxygen atoms in total. The number of nitrogens with one attached hydrogen (secondary N) is 1. The third kappa shape index (κ3) is 3.44. The second-order valence-electron chi connectivity index (χ2n) is 6.40. The second-order valence-corrected chi connectivity index (χ2v) is 6.40. The number of carboxylic acids is 1. The number of amides is 2. The number of hydrogen-bond donors (Lipinski definition) is 2. The molecule has 0 radical (unpaired) electrons. The first-order valence-electron chi connectivity index (χ1n) is 7.77. The minimum atomic E-state index is -0.814. The van der Waals surface area contributed by atoms with E-state index in [4.69, 9.17) is 5.11 Å². The van der Waals surface area contributed by atoms with E-state index in [9.17, 15) is 9.59 Å². The highest BCUT2D eigenvalue weighted by atomic mass is 16.4. The fourth-order valence-corrected chi connectivity index (χ4v) is 3.38. The summed E-state index contributed by atoms with van der Waals surface area (Å²) in [6, 6.07) is -0.111. The molecule has 0 unspecified atom stereocenters. The van der Waals surface area contributed by atoms with Gasteiger partial charge >= 0.3 is 12.0 Å². The van der Waals surface area contributed by atoms with Crippen molar-refractivity contribution in [3.63, 3.8) is 0 Å². The number of carboxylic acid groups (broad SMARTS) is 1. The van der Waals surface area contributed by atoms with Crippen molar-refractivity contribution in [2.75, 3.05) is 13.6 Å². The van der Waals surface area contributed by atoms with E-state index < -0.39 is 11.5 Å². The molecular weight excluding hydrogens is 256 g/mol. The molecule has 2 fully saturated rings. The van der Waals surface area contributed by atoms with Crippen molar-refractivity contribution in [2.24, 2.45) is 5.92 Å². The maximum Gasteiger partial charge on any atom is 0.317 e. The third-order valence-electron chi connectivity index (χ3n) is 5.05. The number of carbonyl (C=O) groups is 2. The number of nitrogens with zero attached hydrogens (tertiary/aromatic N) is 1. The van der Waals surface area contributed by atoms with Crippen molar-refractivity contribution >= 4 is 12.0 Å². The van der Waals surface area contributed by atoms with E-state index in [1.54, 1.807) is 11.9 Å². The summed E-state index contributed by atoms with van der Waals surface area (Å²) in [7, 11) is 1.75. The number of carbonyl (C=O) groups excluding carboxylic acids is 1. The first-order chi connectivity index (χ1) is 9.53. The highest BCUT2D eigenvalue weighted by Gasteiger charge is 2.40. The molecule has 0 spiro atoms. The van der Waals surface area contributed by atoms with Crippen LogP contribution in [-0.4, -0.2) is 41.1 Å². The average molecular weight is 282 g/mol. The summed E-state index contributed by atoms with van der Waals surface area (Å²) in [5, 5.41) is 12.1. The van der Waals surface area contributed by atoms with Gasteiger partial charge in [-0.1, -0.05) is 25.7 Å². The van der Waals surface area contributed by atoms with Crippen LogP contribution in [0.3, 0.4) is 0 Å². The maximum atomic E-state index is 12.3. The molecule has 0 aromatic rings. The molecule has 2 saturated carbocycles. The van der Waals surface area contributed by atoms with Crippen molar-refractivity contribution in [3.05, 3.63) is 0 Å². The molecule has 0 aliphatic heterocycles. The maximum absolute atomic E-state index is 12.3. The van der Waals surface area contributed by atoms with Gasteiger partial charge in [-0.05, 0) is 31.6 Å². The summed E-state index contributed by atoms with van der Waals surface area (Å²) >= 11 is 0. The molecule has 0 aromatic heterocycles. The third-order valence-corrected chi connectivity index (χ3v) is 5.05. The molecule has 0 bridgehead atoms. The predicted molar refractivity (Wildman–Crippen MR) is 76.6 cm³/mol. The van der Waals surface area contributed by atoms with Crippen molar-refractivity contribution in [3.8, 4) is 0 Å². The zero-order chi connectivity index (χ0) is 14.6. The van der Waals surface area contributed by atoms with Crippen LogP contribution in [0, 0.1) is 5.92 Å². The smallest absolute Gasteiger partial charge is 0.317 e. The molecule has 2 aliphatic rings. The molecular formula is C15H26N2O3. The lowest BCUT2D eigenvalue weighted by molar-refractivity contribution is -0.140. The van der Waals surface area contributed by atoms with Crippen LogP contribution in [0.25, 0.3) is 0 Å².